The van der Waals surface area contributed by atoms with Crippen molar-refractivity contribution in [2.24, 2.45) is 0 Å². The van der Waals surface area contributed by atoms with Gasteiger partial charge in [-0.2, -0.15) is 0 Å². The molecule has 21 heavy (non-hydrogen) atoms. The molecular weight excluding hydrogens is 266 g/mol. The van der Waals surface area contributed by atoms with Crippen molar-refractivity contribution >= 4 is 17.5 Å². The van der Waals surface area contributed by atoms with E-state index >= 15 is 0 Å². The van der Waals surface area contributed by atoms with Crippen molar-refractivity contribution in [1.82, 2.24) is 9.80 Å². The second-order valence-electron chi connectivity index (χ2n) is 5.70. The van der Waals surface area contributed by atoms with Crippen LogP contribution in [0.3, 0.4) is 0 Å². The van der Waals surface area contributed by atoms with Gasteiger partial charge in [-0.15, -0.1) is 0 Å². The Kier molecular flexibility index (Phi) is 4.96. The number of anilines is 1. The number of fused-ring (bicyclic) bond motifs is 1. The van der Waals surface area contributed by atoms with Crippen LogP contribution >= 0.6 is 0 Å². The molecule has 0 atom stereocenters. The highest BCUT2D eigenvalue weighted by Crippen LogP contribution is 2.27. The maximum Gasteiger partial charge on any atom is 0.236 e. The molecule has 114 valence electrons. The number of nitrogens with zero attached hydrogens (tertiary/aromatic N) is 3. The van der Waals surface area contributed by atoms with Crippen LogP contribution in [-0.4, -0.2) is 62.4 Å². The third-order valence-electron chi connectivity index (χ3n) is 3.80. The summed E-state index contributed by atoms with van der Waals surface area (Å²) in [5.41, 5.74) is 2.27. The van der Waals surface area contributed by atoms with E-state index in [9.17, 15) is 9.59 Å². The fourth-order valence-corrected chi connectivity index (χ4v) is 2.47. The van der Waals surface area contributed by atoms with Crippen molar-refractivity contribution in [3.63, 3.8) is 0 Å². The maximum absolute atomic E-state index is 12.3. The van der Waals surface area contributed by atoms with Crippen LogP contribution in [0.5, 0.6) is 0 Å². The molecule has 1 aliphatic heterocycles. The van der Waals surface area contributed by atoms with Gasteiger partial charge in [0.1, 0.15) is 0 Å². The monoisotopic (exact) mass is 289 g/mol. The van der Waals surface area contributed by atoms with E-state index in [1.165, 1.54) is 5.56 Å². The Bertz CT molecular complexity index is 528. The summed E-state index contributed by atoms with van der Waals surface area (Å²) in [6.45, 7) is 1.70. The summed E-state index contributed by atoms with van der Waals surface area (Å²) in [5.74, 6) is 0.181. The summed E-state index contributed by atoms with van der Waals surface area (Å²) in [5, 5.41) is 0. The largest absolute Gasteiger partial charge is 0.348 e. The third-order valence-corrected chi connectivity index (χ3v) is 3.80. The normalized spacial score (nSPS) is 13.4. The van der Waals surface area contributed by atoms with E-state index < -0.39 is 0 Å². The van der Waals surface area contributed by atoms with Crippen LogP contribution in [0.15, 0.2) is 24.3 Å². The minimum Gasteiger partial charge on any atom is -0.348 e. The highest BCUT2D eigenvalue weighted by Gasteiger charge is 2.24. The first kappa shape index (κ1) is 15.5. The Hall–Kier alpha value is -1.88. The van der Waals surface area contributed by atoms with Gasteiger partial charge in [0.05, 0.1) is 6.54 Å². The van der Waals surface area contributed by atoms with Gasteiger partial charge in [-0.1, -0.05) is 18.2 Å². The van der Waals surface area contributed by atoms with E-state index in [0.717, 1.165) is 18.7 Å². The quantitative estimate of drug-likeness (QED) is 0.812. The van der Waals surface area contributed by atoms with Crippen molar-refractivity contribution in [1.29, 1.82) is 0 Å². The van der Waals surface area contributed by atoms with E-state index in [0.29, 0.717) is 19.5 Å². The zero-order valence-corrected chi connectivity index (χ0v) is 13.0. The first-order chi connectivity index (χ1) is 9.99. The van der Waals surface area contributed by atoms with E-state index in [1.807, 2.05) is 35.0 Å². The van der Waals surface area contributed by atoms with Gasteiger partial charge in [0.15, 0.2) is 0 Å². The fourth-order valence-electron chi connectivity index (χ4n) is 2.47. The van der Waals surface area contributed by atoms with Crippen molar-refractivity contribution < 1.29 is 9.59 Å². The zero-order chi connectivity index (χ0) is 15.4. The highest BCUT2D eigenvalue weighted by molar-refractivity contribution is 5.95. The van der Waals surface area contributed by atoms with Crippen LogP contribution in [0.4, 0.5) is 5.69 Å². The van der Waals surface area contributed by atoms with Crippen molar-refractivity contribution in [2.75, 3.05) is 45.7 Å². The van der Waals surface area contributed by atoms with Gasteiger partial charge in [-0.05, 0) is 25.1 Å². The van der Waals surface area contributed by atoms with E-state index in [-0.39, 0.29) is 11.8 Å². The number of para-hydroxylation sites is 1. The molecule has 0 aliphatic carbocycles. The van der Waals surface area contributed by atoms with Gasteiger partial charge >= 0.3 is 0 Å². The molecule has 1 aromatic rings. The van der Waals surface area contributed by atoms with Crippen LogP contribution in [0.2, 0.25) is 0 Å². The Labute approximate surface area is 126 Å². The third kappa shape index (κ3) is 3.82. The second kappa shape index (κ2) is 6.72. The maximum atomic E-state index is 12.3. The Morgan fingerprint density at radius 1 is 1.19 bits per heavy atom. The Balaban J connectivity index is 1.85. The summed E-state index contributed by atoms with van der Waals surface area (Å²) in [6, 6.07) is 8.05. The van der Waals surface area contributed by atoms with E-state index in [4.69, 9.17) is 0 Å². The topological polar surface area (TPSA) is 43.9 Å². The summed E-state index contributed by atoms with van der Waals surface area (Å²) in [7, 11) is 5.34. The standard InChI is InChI=1S/C16H23N3O2/c1-17(2)16(21)12-18(3)10-9-15(20)19-11-8-13-6-4-5-7-14(13)19/h4-7H,8-12H2,1-3H3. The smallest absolute Gasteiger partial charge is 0.236 e. The number of rotatable bonds is 5. The minimum absolute atomic E-state index is 0.0523. The Morgan fingerprint density at radius 2 is 1.90 bits per heavy atom. The van der Waals surface area contributed by atoms with Gasteiger partial charge in [0.2, 0.25) is 11.8 Å². The predicted octanol–water partition coefficient (Wildman–Crippen LogP) is 0.986. The number of carbonyl (C=O) groups is 2. The van der Waals surface area contributed by atoms with Gasteiger partial charge in [0, 0.05) is 39.3 Å². The lowest BCUT2D eigenvalue weighted by Crippen LogP contribution is -2.37. The van der Waals surface area contributed by atoms with Crippen LogP contribution < -0.4 is 4.90 Å². The lowest BCUT2D eigenvalue weighted by molar-refractivity contribution is -0.130. The summed E-state index contributed by atoms with van der Waals surface area (Å²) in [6.07, 6.45) is 1.36. The number of hydrogen-bond acceptors (Lipinski definition) is 3. The van der Waals surface area contributed by atoms with Crippen LogP contribution in [0.1, 0.15) is 12.0 Å². The average Bonchev–Trinajstić information content (AvgIpc) is 2.88. The molecule has 0 N–H and O–H groups in total. The minimum atomic E-state index is 0.0523. The molecule has 0 unspecified atom stereocenters. The van der Waals surface area contributed by atoms with Gasteiger partial charge < -0.3 is 9.80 Å². The summed E-state index contributed by atoms with van der Waals surface area (Å²) >= 11 is 0. The molecule has 0 saturated heterocycles. The predicted molar refractivity (Wildman–Crippen MR) is 83.3 cm³/mol. The average molecular weight is 289 g/mol. The van der Waals surface area contributed by atoms with Gasteiger partial charge in [-0.25, -0.2) is 0 Å². The van der Waals surface area contributed by atoms with Crippen molar-refractivity contribution in [2.45, 2.75) is 12.8 Å². The molecule has 1 aromatic carbocycles. The molecular formula is C16H23N3O2. The second-order valence-corrected chi connectivity index (χ2v) is 5.70. The molecule has 2 rings (SSSR count). The molecule has 0 spiro atoms. The molecule has 2 amide bonds. The highest BCUT2D eigenvalue weighted by atomic mass is 16.2. The van der Waals surface area contributed by atoms with Crippen LogP contribution in [-0.2, 0) is 16.0 Å². The molecule has 5 heteroatoms. The molecule has 1 heterocycles. The number of likely N-dealkylation sites (N-methyl/N-ethyl adjacent to an activating group) is 2. The Morgan fingerprint density at radius 3 is 2.62 bits per heavy atom. The summed E-state index contributed by atoms with van der Waals surface area (Å²) < 4.78 is 0. The lowest BCUT2D eigenvalue weighted by Gasteiger charge is -2.21. The first-order valence-electron chi connectivity index (χ1n) is 7.26. The first-order valence-corrected chi connectivity index (χ1v) is 7.26. The van der Waals surface area contributed by atoms with Crippen LogP contribution in [0, 0.1) is 0 Å². The number of benzene rings is 1. The molecule has 0 fully saturated rings. The molecule has 0 aromatic heterocycles. The zero-order valence-electron chi connectivity index (χ0n) is 13.0. The lowest BCUT2D eigenvalue weighted by atomic mass is 10.2. The number of carbonyl (C=O) groups excluding carboxylic acids is 2. The van der Waals surface area contributed by atoms with E-state index in [1.54, 1.807) is 19.0 Å². The molecule has 5 nitrogen and oxygen atoms in total. The van der Waals surface area contributed by atoms with Crippen LogP contribution in [0.25, 0.3) is 0 Å². The van der Waals surface area contributed by atoms with Gasteiger partial charge in [-0.3, -0.25) is 14.5 Å². The van der Waals surface area contributed by atoms with Crippen molar-refractivity contribution in [3.8, 4) is 0 Å². The number of hydrogen-bond donors (Lipinski definition) is 0. The molecule has 0 bridgehead atoms. The SMILES string of the molecule is CN(CCC(=O)N1CCc2ccccc21)CC(=O)N(C)C. The summed E-state index contributed by atoms with van der Waals surface area (Å²) in [4.78, 5) is 29.3. The molecule has 0 saturated carbocycles. The molecule has 0 radical (unpaired) electrons. The van der Waals surface area contributed by atoms with Crippen molar-refractivity contribution in [3.05, 3.63) is 29.8 Å². The fraction of sp³-hybridized carbons (Fsp3) is 0.500. The number of amides is 2. The van der Waals surface area contributed by atoms with E-state index in [2.05, 4.69) is 6.07 Å². The van der Waals surface area contributed by atoms with Gasteiger partial charge in [0.25, 0.3) is 0 Å². The molecule has 1 aliphatic rings.